The number of nitrogens with two attached hydrogens (primary N) is 1. The Morgan fingerprint density at radius 2 is 2.05 bits per heavy atom. The zero-order valence-corrected chi connectivity index (χ0v) is 12.6. The lowest BCUT2D eigenvalue weighted by molar-refractivity contribution is 0.0778. The number of carbonyl (C=O) groups is 1. The highest BCUT2D eigenvalue weighted by molar-refractivity contribution is 7.99. The molecule has 0 unspecified atom stereocenters. The van der Waals surface area contributed by atoms with E-state index >= 15 is 0 Å². The number of thiophene rings is 1. The lowest BCUT2D eigenvalue weighted by Crippen LogP contribution is -2.37. The highest BCUT2D eigenvalue weighted by Crippen LogP contribution is 2.38. The summed E-state index contributed by atoms with van der Waals surface area (Å²) in [5.74, 6) is 2.03. The Kier molecular flexibility index (Phi) is 3.60. The van der Waals surface area contributed by atoms with E-state index in [0.717, 1.165) is 34.7 Å². The van der Waals surface area contributed by atoms with Gasteiger partial charge in [-0.15, -0.1) is 11.3 Å². The first-order valence-electron chi connectivity index (χ1n) is 6.02. The molecule has 1 aromatic heterocycles. The van der Waals surface area contributed by atoms with Crippen molar-refractivity contribution in [3.8, 4) is 0 Å². The number of fused-ring (bicyclic) bond motifs is 1. The predicted molar refractivity (Wildman–Crippen MR) is 84.5 cm³/mol. The van der Waals surface area contributed by atoms with Crippen molar-refractivity contribution in [1.29, 1.82) is 0 Å². The van der Waals surface area contributed by atoms with E-state index in [1.165, 1.54) is 11.3 Å². The lowest BCUT2D eigenvalue weighted by atomic mass is 10.2. The number of hydrogen-bond acceptors (Lipinski definition) is 4. The average molecular weight is 313 g/mol. The molecule has 1 fully saturated rings. The molecule has 2 heterocycles. The molecule has 3 rings (SSSR count). The molecule has 2 N–H and O–H groups in total. The maximum absolute atomic E-state index is 12.5. The van der Waals surface area contributed by atoms with Crippen molar-refractivity contribution in [2.75, 3.05) is 30.3 Å². The Labute approximate surface area is 124 Å². The number of carbonyl (C=O) groups excluding carboxylic acids is 1. The van der Waals surface area contributed by atoms with Gasteiger partial charge in [-0.2, -0.15) is 11.8 Å². The SMILES string of the molecule is Nc1c(C(=O)N2CCSCC2)sc2cccc(Cl)c12. The molecule has 1 aliphatic rings. The van der Waals surface area contributed by atoms with E-state index in [0.29, 0.717) is 15.6 Å². The van der Waals surface area contributed by atoms with E-state index in [1.54, 1.807) is 6.07 Å². The topological polar surface area (TPSA) is 46.3 Å². The first-order valence-corrected chi connectivity index (χ1v) is 8.37. The lowest BCUT2D eigenvalue weighted by Gasteiger charge is -2.26. The summed E-state index contributed by atoms with van der Waals surface area (Å²) in [7, 11) is 0. The van der Waals surface area contributed by atoms with E-state index in [2.05, 4.69) is 0 Å². The minimum atomic E-state index is 0.0371. The predicted octanol–water partition coefficient (Wildman–Crippen LogP) is 3.33. The third kappa shape index (κ3) is 2.30. The average Bonchev–Trinajstić information content (AvgIpc) is 2.78. The van der Waals surface area contributed by atoms with Crippen LogP contribution in [0, 0.1) is 0 Å². The maximum atomic E-state index is 12.5. The highest BCUT2D eigenvalue weighted by Gasteiger charge is 2.24. The summed E-state index contributed by atoms with van der Waals surface area (Å²) in [5.41, 5.74) is 6.64. The normalized spacial score (nSPS) is 15.9. The highest BCUT2D eigenvalue weighted by atomic mass is 35.5. The second-order valence-electron chi connectivity index (χ2n) is 4.36. The van der Waals surface area contributed by atoms with Gasteiger partial charge in [-0.1, -0.05) is 17.7 Å². The van der Waals surface area contributed by atoms with Crippen molar-refractivity contribution >= 4 is 56.4 Å². The first kappa shape index (κ1) is 13.1. The van der Waals surface area contributed by atoms with Crippen LogP contribution in [0.15, 0.2) is 18.2 Å². The second kappa shape index (κ2) is 5.23. The summed E-state index contributed by atoms with van der Waals surface area (Å²) in [5, 5.41) is 1.42. The largest absolute Gasteiger partial charge is 0.397 e. The van der Waals surface area contributed by atoms with Gasteiger partial charge in [-0.3, -0.25) is 4.79 Å². The number of anilines is 1. The van der Waals surface area contributed by atoms with Crippen LogP contribution in [0.25, 0.3) is 10.1 Å². The Balaban J connectivity index is 2.03. The molecule has 0 radical (unpaired) electrons. The molecule has 1 amide bonds. The fraction of sp³-hybridized carbons (Fsp3) is 0.308. The molecule has 2 aromatic rings. The van der Waals surface area contributed by atoms with Crippen molar-refractivity contribution in [3.63, 3.8) is 0 Å². The molecular formula is C13H13ClN2OS2. The Hall–Kier alpha value is -0.910. The summed E-state index contributed by atoms with van der Waals surface area (Å²) >= 11 is 9.48. The Morgan fingerprint density at radius 1 is 1.32 bits per heavy atom. The molecule has 1 saturated heterocycles. The number of thioether (sulfide) groups is 1. The van der Waals surface area contributed by atoms with Crippen molar-refractivity contribution in [2.24, 2.45) is 0 Å². The van der Waals surface area contributed by atoms with E-state index in [-0.39, 0.29) is 5.91 Å². The van der Waals surface area contributed by atoms with E-state index in [1.807, 2.05) is 28.8 Å². The molecule has 1 aliphatic heterocycles. The Bertz CT molecular complexity index is 635. The summed E-state index contributed by atoms with van der Waals surface area (Å²) in [6.07, 6.45) is 0. The number of rotatable bonds is 1. The number of benzene rings is 1. The molecule has 6 heteroatoms. The molecule has 0 aliphatic carbocycles. The second-order valence-corrected chi connectivity index (χ2v) is 7.05. The van der Waals surface area contributed by atoms with Crippen LogP contribution in [-0.4, -0.2) is 35.4 Å². The van der Waals surface area contributed by atoms with Crippen LogP contribution in [-0.2, 0) is 0 Å². The molecule has 0 spiro atoms. The van der Waals surface area contributed by atoms with Crippen molar-refractivity contribution in [2.45, 2.75) is 0 Å². The number of nitrogens with zero attached hydrogens (tertiary/aromatic N) is 1. The van der Waals surface area contributed by atoms with E-state index in [4.69, 9.17) is 17.3 Å². The van der Waals surface area contributed by atoms with Gasteiger partial charge in [-0.05, 0) is 12.1 Å². The first-order chi connectivity index (χ1) is 9.18. The van der Waals surface area contributed by atoms with Gasteiger partial charge in [0, 0.05) is 34.7 Å². The van der Waals surface area contributed by atoms with Crippen LogP contribution in [0.1, 0.15) is 9.67 Å². The van der Waals surface area contributed by atoms with Gasteiger partial charge in [0.25, 0.3) is 5.91 Å². The van der Waals surface area contributed by atoms with Gasteiger partial charge in [-0.25, -0.2) is 0 Å². The fourth-order valence-electron chi connectivity index (χ4n) is 2.20. The van der Waals surface area contributed by atoms with Crippen molar-refractivity contribution in [3.05, 3.63) is 28.1 Å². The van der Waals surface area contributed by atoms with Gasteiger partial charge < -0.3 is 10.6 Å². The molecule has 0 saturated carbocycles. The molecular weight excluding hydrogens is 300 g/mol. The van der Waals surface area contributed by atoms with E-state index in [9.17, 15) is 4.79 Å². The van der Waals surface area contributed by atoms with Gasteiger partial charge in [0.1, 0.15) is 4.88 Å². The summed E-state index contributed by atoms with van der Waals surface area (Å²) in [6, 6.07) is 5.64. The van der Waals surface area contributed by atoms with Crippen molar-refractivity contribution < 1.29 is 4.79 Å². The van der Waals surface area contributed by atoms with Crippen LogP contribution in [0.4, 0.5) is 5.69 Å². The monoisotopic (exact) mass is 312 g/mol. The minimum Gasteiger partial charge on any atom is -0.397 e. The van der Waals surface area contributed by atoms with Crippen molar-refractivity contribution in [1.82, 2.24) is 4.90 Å². The van der Waals surface area contributed by atoms with Crippen LogP contribution in [0.2, 0.25) is 5.02 Å². The molecule has 1 aromatic carbocycles. The molecule has 19 heavy (non-hydrogen) atoms. The van der Waals surface area contributed by atoms with Crippen LogP contribution < -0.4 is 5.73 Å². The zero-order valence-electron chi connectivity index (χ0n) is 10.2. The maximum Gasteiger partial charge on any atom is 0.266 e. The van der Waals surface area contributed by atoms with E-state index < -0.39 is 0 Å². The third-order valence-electron chi connectivity index (χ3n) is 3.19. The molecule has 3 nitrogen and oxygen atoms in total. The van der Waals surface area contributed by atoms with Crippen LogP contribution >= 0.6 is 34.7 Å². The third-order valence-corrected chi connectivity index (χ3v) is 5.61. The molecule has 100 valence electrons. The van der Waals surface area contributed by atoms with Gasteiger partial charge in [0.05, 0.1) is 10.7 Å². The fourth-order valence-corrected chi connectivity index (χ4v) is 4.55. The standard InChI is InChI=1S/C13H13ClN2OS2/c14-8-2-1-3-9-10(8)11(15)12(19-9)13(17)16-4-6-18-7-5-16/h1-3H,4-7,15H2. The Morgan fingerprint density at radius 3 is 2.74 bits per heavy atom. The summed E-state index contributed by atoms with van der Waals surface area (Å²) in [6.45, 7) is 1.59. The molecule has 0 atom stereocenters. The van der Waals surface area contributed by atoms with Gasteiger partial charge >= 0.3 is 0 Å². The molecule has 0 bridgehead atoms. The minimum absolute atomic E-state index is 0.0371. The number of nitrogen functional groups attached to an aromatic ring is 1. The van der Waals surface area contributed by atoms with Crippen LogP contribution in [0.3, 0.4) is 0 Å². The van der Waals surface area contributed by atoms with Gasteiger partial charge in [0.15, 0.2) is 0 Å². The zero-order chi connectivity index (χ0) is 13.4. The van der Waals surface area contributed by atoms with Crippen LogP contribution in [0.5, 0.6) is 0 Å². The smallest absolute Gasteiger partial charge is 0.266 e. The summed E-state index contributed by atoms with van der Waals surface area (Å²) < 4.78 is 0.972. The summed E-state index contributed by atoms with van der Waals surface area (Å²) in [4.78, 5) is 15.0. The van der Waals surface area contributed by atoms with Gasteiger partial charge in [0.2, 0.25) is 0 Å². The number of amides is 1. The quantitative estimate of drug-likeness (QED) is 0.878. The number of halogens is 1. The number of hydrogen-bond donors (Lipinski definition) is 1.